The molecule has 0 unspecified atom stereocenters. The van der Waals surface area contributed by atoms with Gasteiger partial charge in [-0.15, -0.1) is 0 Å². The third-order valence-electron chi connectivity index (χ3n) is 3.97. The number of halogens is 6. The minimum atomic E-state index is -0.927. The molecule has 0 spiro atoms. The van der Waals surface area contributed by atoms with Crippen molar-refractivity contribution in [1.29, 1.82) is 0 Å². The van der Waals surface area contributed by atoms with Crippen LogP contribution in [0.1, 0.15) is 0 Å². The van der Waals surface area contributed by atoms with E-state index in [9.17, 15) is 0 Å². The molecule has 3 aromatic carbocycles. The van der Waals surface area contributed by atoms with Crippen LogP contribution in [0.25, 0.3) is 0 Å². The molecule has 0 saturated heterocycles. The number of hydrogen-bond acceptors (Lipinski definition) is 3. The van der Waals surface area contributed by atoms with Gasteiger partial charge in [-0.3, -0.25) is 0 Å². The molecule has 3 rings (SSSR count). The van der Waals surface area contributed by atoms with Crippen molar-refractivity contribution < 1.29 is 0 Å². The van der Waals surface area contributed by atoms with Gasteiger partial charge in [0.15, 0.2) is 0 Å². The van der Waals surface area contributed by atoms with Crippen LogP contribution in [0, 0.1) is 0 Å². The molecule has 28 heavy (non-hydrogen) atoms. The summed E-state index contributed by atoms with van der Waals surface area (Å²) in [6.07, 6.45) is 0. The predicted octanol–water partition coefficient (Wildman–Crippen LogP) is 6.77. The molecule has 0 aromatic heterocycles. The first-order valence-electron chi connectivity index (χ1n) is 7.63. The van der Waals surface area contributed by atoms with Crippen LogP contribution in [-0.2, 0) is 0 Å². The van der Waals surface area contributed by atoms with Crippen molar-refractivity contribution >= 4 is 136 Å². The molecule has 0 heterocycles. The smallest absolute Gasteiger partial charge is 0.0603 e. The summed E-state index contributed by atoms with van der Waals surface area (Å²) in [5, 5.41) is 3.36. The number of anilines is 3. The molecule has 0 saturated carbocycles. The van der Waals surface area contributed by atoms with Gasteiger partial charge >= 0.3 is 0 Å². The van der Waals surface area contributed by atoms with E-state index in [4.69, 9.17) is 17.2 Å². The normalized spacial score (nSPS) is 11.2. The molecule has 0 bridgehead atoms. The number of benzene rings is 3. The van der Waals surface area contributed by atoms with Crippen LogP contribution in [0.2, 0.25) is 0 Å². The Hall–Kier alpha value is 0.370. The first-order valence-corrected chi connectivity index (χ1v) is 13.7. The fraction of sp³-hybridized carbons (Fsp3) is 0. The van der Waals surface area contributed by atoms with Gasteiger partial charge in [-0.1, -0.05) is 0 Å². The van der Waals surface area contributed by atoms with Gasteiger partial charge in [-0.05, 0) is 156 Å². The average Bonchev–Trinajstić information content (AvgIpc) is 2.62. The number of nitrogen functional groups attached to an aromatic ring is 3. The van der Waals surface area contributed by atoms with Crippen molar-refractivity contribution in [3.63, 3.8) is 0 Å². The summed E-state index contributed by atoms with van der Waals surface area (Å²) >= 11 is 21.4. The van der Waals surface area contributed by atoms with Crippen LogP contribution in [-0.4, -0.2) is 0 Å². The highest BCUT2D eigenvalue weighted by Gasteiger charge is 2.22. The minimum Gasteiger partial charge on any atom is -0.397 e. The Bertz CT molecular complexity index is 883. The van der Waals surface area contributed by atoms with Gasteiger partial charge < -0.3 is 17.2 Å². The number of nitrogens with two attached hydrogens (primary N) is 3. The Kier molecular flexibility index (Phi) is 7.61. The van der Waals surface area contributed by atoms with Crippen molar-refractivity contribution in [2.24, 2.45) is 0 Å². The maximum atomic E-state index is 6.11. The zero-order valence-electron chi connectivity index (χ0n) is 13.9. The van der Waals surface area contributed by atoms with Gasteiger partial charge in [0.2, 0.25) is 0 Å². The summed E-state index contributed by atoms with van der Waals surface area (Å²) in [7, 11) is -0.927. The molecule has 0 fully saturated rings. The topological polar surface area (TPSA) is 78.1 Å². The molecule has 6 N–H and O–H groups in total. The van der Waals surface area contributed by atoms with E-state index in [1.54, 1.807) is 0 Å². The van der Waals surface area contributed by atoms with E-state index in [1.165, 1.54) is 0 Å². The van der Waals surface area contributed by atoms with Crippen molar-refractivity contribution in [3.8, 4) is 0 Å². The molecule has 146 valence electrons. The zero-order valence-corrected chi connectivity index (χ0v) is 24.3. The molecule has 0 atom stereocenters. The maximum absolute atomic E-state index is 6.11. The molecule has 3 nitrogen and oxygen atoms in total. The molecule has 3 aromatic rings. The Morgan fingerprint density at radius 1 is 0.429 bits per heavy atom. The van der Waals surface area contributed by atoms with Gasteiger partial charge in [-0.25, -0.2) is 0 Å². The van der Waals surface area contributed by atoms with Crippen LogP contribution < -0.4 is 33.1 Å². The number of rotatable bonds is 3. The van der Waals surface area contributed by atoms with E-state index < -0.39 is 7.92 Å². The Morgan fingerprint density at radius 2 is 0.607 bits per heavy atom. The second kappa shape index (κ2) is 9.25. The van der Waals surface area contributed by atoms with Gasteiger partial charge in [0.25, 0.3) is 0 Å². The zero-order chi connectivity index (χ0) is 20.7. The van der Waals surface area contributed by atoms with Crippen LogP contribution >= 0.6 is 104 Å². The van der Waals surface area contributed by atoms with Crippen molar-refractivity contribution in [2.45, 2.75) is 0 Å². The largest absolute Gasteiger partial charge is 0.397 e. The summed E-state index contributed by atoms with van der Waals surface area (Å²) < 4.78 is 5.04. The van der Waals surface area contributed by atoms with Crippen molar-refractivity contribution in [2.75, 3.05) is 17.2 Å². The average molecular weight is 781 g/mol. The fourth-order valence-electron chi connectivity index (χ4n) is 2.55. The molecule has 0 aliphatic rings. The lowest BCUT2D eigenvalue weighted by Crippen LogP contribution is -2.22. The monoisotopic (exact) mass is 775 g/mol. The minimum absolute atomic E-state index is 0.665. The van der Waals surface area contributed by atoms with E-state index >= 15 is 0 Å². The predicted molar refractivity (Wildman–Crippen MR) is 145 cm³/mol. The molecular weight excluding hydrogens is 769 g/mol. The second-order valence-corrected chi connectivity index (χ2v) is 13.2. The molecule has 0 aliphatic heterocycles. The van der Waals surface area contributed by atoms with Crippen LogP contribution in [0.3, 0.4) is 0 Å². The van der Waals surface area contributed by atoms with Gasteiger partial charge in [0.1, 0.15) is 0 Å². The van der Waals surface area contributed by atoms with Crippen molar-refractivity contribution in [1.82, 2.24) is 0 Å². The summed E-state index contributed by atoms with van der Waals surface area (Å²) in [5.74, 6) is 0. The summed E-state index contributed by atoms with van der Waals surface area (Å²) in [5.41, 5.74) is 20.3. The molecule has 0 radical (unpaired) electrons. The van der Waals surface area contributed by atoms with E-state index in [0.29, 0.717) is 17.1 Å². The van der Waals surface area contributed by atoms with E-state index in [0.717, 1.165) is 42.7 Å². The molecule has 0 aliphatic carbocycles. The van der Waals surface area contributed by atoms with Crippen LogP contribution in [0.4, 0.5) is 17.1 Å². The standard InChI is InChI=1S/C18H12Br6N3P/c19-10-1-7(2-11(20)16(10)25)28(8-3-12(21)17(26)13(22)4-8)9-5-14(23)18(27)15(24)6-9/h1-6H,25-27H2. The lowest BCUT2D eigenvalue weighted by Gasteiger charge is -2.23. The van der Waals surface area contributed by atoms with Crippen LogP contribution in [0.5, 0.6) is 0 Å². The van der Waals surface area contributed by atoms with E-state index in [-0.39, 0.29) is 0 Å². The quantitative estimate of drug-likeness (QED) is 0.203. The highest BCUT2D eigenvalue weighted by atomic mass is 79.9. The molecule has 0 amide bonds. The summed E-state index contributed by atoms with van der Waals surface area (Å²) in [4.78, 5) is 0. The lowest BCUT2D eigenvalue weighted by molar-refractivity contribution is 1.60. The Labute approximate surface area is 214 Å². The third-order valence-corrected chi connectivity index (χ3v) is 10.2. The lowest BCUT2D eigenvalue weighted by atomic mass is 10.3. The Morgan fingerprint density at radius 3 is 0.786 bits per heavy atom. The SMILES string of the molecule is Nc1c(Br)cc(P(c2cc(Br)c(N)c(Br)c2)c2cc(Br)c(N)c(Br)c2)cc1Br. The number of hydrogen-bond donors (Lipinski definition) is 3. The fourth-order valence-corrected chi connectivity index (χ4v) is 9.61. The molecular formula is C18H12Br6N3P. The third kappa shape index (κ3) is 4.66. The highest BCUT2D eigenvalue weighted by molar-refractivity contribution is 9.12. The van der Waals surface area contributed by atoms with Gasteiger partial charge in [-0.2, -0.15) is 0 Å². The highest BCUT2D eigenvalue weighted by Crippen LogP contribution is 2.42. The van der Waals surface area contributed by atoms with Gasteiger partial charge in [0, 0.05) is 26.8 Å². The second-order valence-electron chi connectivity index (χ2n) is 5.80. The maximum Gasteiger partial charge on any atom is 0.0603 e. The Balaban J connectivity index is 2.32. The summed E-state index contributed by atoms with van der Waals surface area (Å²) in [6.45, 7) is 0. The van der Waals surface area contributed by atoms with Crippen molar-refractivity contribution in [3.05, 3.63) is 63.2 Å². The van der Waals surface area contributed by atoms with Crippen LogP contribution in [0.15, 0.2) is 63.2 Å². The first-order chi connectivity index (χ1) is 13.1. The van der Waals surface area contributed by atoms with E-state index in [2.05, 4.69) is 132 Å². The summed E-state index contributed by atoms with van der Waals surface area (Å²) in [6, 6.07) is 12.3. The first kappa shape index (κ1) is 23.0. The van der Waals surface area contributed by atoms with E-state index in [1.807, 2.05) is 0 Å². The van der Waals surface area contributed by atoms with Gasteiger partial charge in [0.05, 0.1) is 17.1 Å². The molecule has 10 heteroatoms.